The molecular formula is C14H20N2O3S. The normalized spacial score (nSPS) is 20.4. The van der Waals surface area contributed by atoms with Crippen molar-refractivity contribution in [2.45, 2.75) is 42.8 Å². The molecule has 0 amide bonds. The summed E-state index contributed by atoms with van der Waals surface area (Å²) in [5.41, 5.74) is 1.94. The van der Waals surface area contributed by atoms with Gasteiger partial charge in [-0.2, -0.15) is 0 Å². The van der Waals surface area contributed by atoms with E-state index in [1.807, 2.05) is 6.07 Å². The first-order chi connectivity index (χ1) is 9.55. The van der Waals surface area contributed by atoms with Crippen molar-refractivity contribution in [3.05, 3.63) is 29.3 Å². The van der Waals surface area contributed by atoms with Crippen LogP contribution in [0.2, 0.25) is 0 Å². The molecule has 1 saturated carbocycles. The molecule has 0 bridgehead atoms. The highest BCUT2D eigenvalue weighted by Crippen LogP contribution is 2.34. The van der Waals surface area contributed by atoms with Gasteiger partial charge in [0, 0.05) is 26.7 Å². The summed E-state index contributed by atoms with van der Waals surface area (Å²) >= 11 is 0. The second kappa shape index (κ2) is 5.11. The number of benzene rings is 1. The Bertz CT molecular complexity index is 603. The number of rotatable bonds is 5. The van der Waals surface area contributed by atoms with Gasteiger partial charge in [0.1, 0.15) is 0 Å². The smallest absolute Gasteiger partial charge is 0.240 e. The second-order valence-corrected chi connectivity index (χ2v) is 7.37. The Morgan fingerprint density at radius 3 is 2.70 bits per heavy atom. The van der Waals surface area contributed by atoms with E-state index in [0.29, 0.717) is 11.4 Å². The lowest BCUT2D eigenvalue weighted by atomic mass is 9.80. The molecular weight excluding hydrogens is 276 g/mol. The minimum Gasteiger partial charge on any atom is -0.377 e. The summed E-state index contributed by atoms with van der Waals surface area (Å²) in [7, 11) is -1.81. The van der Waals surface area contributed by atoms with Crippen molar-refractivity contribution >= 4 is 10.0 Å². The third kappa shape index (κ3) is 2.48. The van der Waals surface area contributed by atoms with E-state index in [0.717, 1.165) is 37.9 Å². The SMILES string of the molecule is COC1(CNS(=O)(=O)c2ccc3c(c2)CNC3)CCC1. The van der Waals surface area contributed by atoms with Crippen molar-refractivity contribution in [3.8, 4) is 0 Å². The zero-order valence-electron chi connectivity index (χ0n) is 11.6. The van der Waals surface area contributed by atoms with E-state index in [-0.39, 0.29) is 5.60 Å². The number of hydrogen-bond acceptors (Lipinski definition) is 4. The molecule has 1 heterocycles. The molecule has 3 rings (SSSR count). The van der Waals surface area contributed by atoms with E-state index in [9.17, 15) is 8.42 Å². The summed E-state index contributed by atoms with van der Waals surface area (Å²) in [6.45, 7) is 1.90. The largest absolute Gasteiger partial charge is 0.377 e. The Labute approximate surface area is 119 Å². The molecule has 1 fully saturated rings. The van der Waals surface area contributed by atoms with E-state index in [2.05, 4.69) is 10.0 Å². The molecule has 20 heavy (non-hydrogen) atoms. The summed E-state index contributed by atoms with van der Waals surface area (Å²) in [6, 6.07) is 5.33. The van der Waals surface area contributed by atoms with Crippen LogP contribution in [-0.2, 0) is 27.8 Å². The van der Waals surface area contributed by atoms with Gasteiger partial charge in [0.05, 0.1) is 10.5 Å². The van der Waals surface area contributed by atoms with E-state index in [1.54, 1.807) is 19.2 Å². The number of nitrogens with one attached hydrogen (secondary N) is 2. The maximum Gasteiger partial charge on any atom is 0.240 e. The average molecular weight is 296 g/mol. The van der Waals surface area contributed by atoms with Crippen LogP contribution in [0.25, 0.3) is 0 Å². The lowest BCUT2D eigenvalue weighted by Gasteiger charge is -2.40. The number of ether oxygens (including phenoxy) is 1. The number of fused-ring (bicyclic) bond motifs is 1. The Balaban J connectivity index is 1.75. The van der Waals surface area contributed by atoms with Crippen LogP contribution < -0.4 is 10.0 Å². The topological polar surface area (TPSA) is 67.4 Å². The molecule has 1 aliphatic carbocycles. The fraction of sp³-hybridized carbons (Fsp3) is 0.571. The minimum absolute atomic E-state index is 0.300. The molecule has 5 nitrogen and oxygen atoms in total. The molecule has 110 valence electrons. The van der Waals surface area contributed by atoms with Gasteiger partial charge >= 0.3 is 0 Å². The van der Waals surface area contributed by atoms with Crippen molar-refractivity contribution in [3.63, 3.8) is 0 Å². The van der Waals surface area contributed by atoms with Gasteiger partial charge in [-0.25, -0.2) is 13.1 Å². The third-order valence-electron chi connectivity index (χ3n) is 4.40. The summed E-state index contributed by atoms with van der Waals surface area (Å²) in [6.07, 6.45) is 2.93. The minimum atomic E-state index is -3.46. The molecule has 0 unspecified atom stereocenters. The predicted molar refractivity (Wildman–Crippen MR) is 75.8 cm³/mol. The van der Waals surface area contributed by atoms with Gasteiger partial charge in [-0.05, 0) is 42.5 Å². The fourth-order valence-electron chi connectivity index (χ4n) is 2.77. The zero-order chi connectivity index (χ0) is 14.2. The predicted octanol–water partition coefficient (Wildman–Crippen LogP) is 1.14. The summed E-state index contributed by atoms with van der Waals surface area (Å²) < 4.78 is 32.8. The van der Waals surface area contributed by atoms with Gasteiger partial charge in [-0.3, -0.25) is 0 Å². The van der Waals surface area contributed by atoms with Crippen molar-refractivity contribution in [1.29, 1.82) is 0 Å². The number of hydrogen-bond donors (Lipinski definition) is 2. The molecule has 0 spiro atoms. The van der Waals surface area contributed by atoms with Crippen molar-refractivity contribution in [1.82, 2.24) is 10.0 Å². The zero-order valence-corrected chi connectivity index (χ0v) is 12.4. The first kappa shape index (κ1) is 14.0. The monoisotopic (exact) mass is 296 g/mol. The van der Waals surface area contributed by atoms with E-state index in [1.165, 1.54) is 5.56 Å². The maximum absolute atomic E-state index is 12.3. The van der Waals surface area contributed by atoms with E-state index < -0.39 is 10.0 Å². The van der Waals surface area contributed by atoms with Crippen LogP contribution in [0.5, 0.6) is 0 Å². The second-order valence-electron chi connectivity index (χ2n) is 5.60. The molecule has 0 aromatic heterocycles. The third-order valence-corrected chi connectivity index (χ3v) is 5.80. The van der Waals surface area contributed by atoms with E-state index >= 15 is 0 Å². The highest BCUT2D eigenvalue weighted by atomic mass is 32.2. The Morgan fingerprint density at radius 1 is 1.30 bits per heavy atom. The van der Waals surface area contributed by atoms with Crippen LogP contribution in [0.3, 0.4) is 0 Å². The molecule has 6 heteroatoms. The van der Waals surface area contributed by atoms with Gasteiger partial charge in [0.2, 0.25) is 10.0 Å². The quantitative estimate of drug-likeness (QED) is 0.855. The molecule has 2 N–H and O–H groups in total. The van der Waals surface area contributed by atoms with Crippen LogP contribution in [0.4, 0.5) is 0 Å². The molecule has 1 aliphatic heterocycles. The Hall–Kier alpha value is -0.950. The van der Waals surface area contributed by atoms with Crippen molar-refractivity contribution in [2.24, 2.45) is 0 Å². The molecule has 0 radical (unpaired) electrons. The van der Waals surface area contributed by atoms with Crippen LogP contribution in [0, 0.1) is 0 Å². The molecule has 0 atom stereocenters. The van der Waals surface area contributed by atoms with Crippen LogP contribution in [0.1, 0.15) is 30.4 Å². The highest BCUT2D eigenvalue weighted by molar-refractivity contribution is 7.89. The Morgan fingerprint density at radius 2 is 2.05 bits per heavy atom. The Kier molecular flexibility index (Phi) is 3.58. The van der Waals surface area contributed by atoms with Gasteiger partial charge in [-0.1, -0.05) is 6.07 Å². The van der Waals surface area contributed by atoms with Gasteiger partial charge in [0.15, 0.2) is 0 Å². The lowest BCUT2D eigenvalue weighted by molar-refractivity contribution is -0.0659. The summed E-state index contributed by atoms with van der Waals surface area (Å²) in [5, 5.41) is 3.21. The number of methoxy groups -OCH3 is 1. The standard InChI is InChI=1S/C14H20N2O3S/c1-19-14(5-2-6-14)10-16-20(17,18)13-4-3-11-8-15-9-12(11)7-13/h3-4,7,15-16H,2,5-6,8-10H2,1H3. The first-order valence-electron chi connectivity index (χ1n) is 6.92. The van der Waals surface area contributed by atoms with Gasteiger partial charge in [0.25, 0.3) is 0 Å². The van der Waals surface area contributed by atoms with Crippen LogP contribution in [-0.4, -0.2) is 27.7 Å². The molecule has 2 aliphatic rings. The van der Waals surface area contributed by atoms with E-state index in [4.69, 9.17) is 4.74 Å². The van der Waals surface area contributed by atoms with Crippen LogP contribution >= 0.6 is 0 Å². The van der Waals surface area contributed by atoms with Gasteiger partial charge < -0.3 is 10.1 Å². The van der Waals surface area contributed by atoms with Crippen LogP contribution in [0.15, 0.2) is 23.1 Å². The fourth-order valence-corrected chi connectivity index (χ4v) is 3.94. The lowest BCUT2D eigenvalue weighted by Crippen LogP contribution is -2.49. The number of sulfonamides is 1. The summed E-state index contributed by atoms with van der Waals surface area (Å²) in [5.74, 6) is 0. The molecule has 1 aromatic carbocycles. The van der Waals surface area contributed by atoms with Gasteiger partial charge in [-0.15, -0.1) is 0 Å². The van der Waals surface area contributed by atoms with Crippen molar-refractivity contribution < 1.29 is 13.2 Å². The molecule has 0 saturated heterocycles. The maximum atomic E-state index is 12.3. The average Bonchev–Trinajstić information content (AvgIpc) is 2.85. The highest BCUT2D eigenvalue weighted by Gasteiger charge is 2.38. The molecule has 1 aromatic rings. The first-order valence-corrected chi connectivity index (χ1v) is 8.40. The van der Waals surface area contributed by atoms with Crippen molar-refractivity contribution in [2.75, 3.05) is 13.7 Å². The summed E-state index contributed by atoms with van der Waals surface area (Å²) in [4.78, 5) is 0.338.